The zero-order valence-corrected chi connectivity index (χ0v) is 15.1. The zero-order chi connectivity index (χ0) is 16.2. The predicted octanol–water partition coefficient (Wildman–Crippen LogP) is 2.99. The van der Waals surface area contributed by atoms with E-state index in [0.717, 1.165) is 6.07 Å². The second-order valence-electron chi connectivity index (χ2n) is 5.40. The summed E-state index contributed by atoms with van der Waals surface area (Å²) in [5.41, 5.74) is 0. The van der Waals surface area contributed by atoms with E-state index in [1.165, 1.54) is 12.1 Å². The van der Waals surface area contributed by atoms with Crippen LogP contribution >= 0.6 is 15.9 Å². The number of nitrogens with zero attached hydrogens (tertiary/aromatic N) is 1. The molecule has 1 rings (SSSR count). The maximum absolute atomic E-state index is 13.7. The molecule has 0 fully saturated rings. The van der Waals surface area contributed by atoms with Crippen LogP contribution in [0.4, 0.5) is 4.39 Å². The summed E-state index contributed by atoms with van der Waals surface area (Å²) in [6, 6.07) is 4.54. The second-order valence-corrected chi connectivity index (χ2v) is 8.05. The minimum atomic E-state index is -3.83. The standard InChI is InChI=1S/C14H22BrFN2O2S/c1-10(2)18(11(3)4)8-7-17-21(19,20)14-6-5-12(15)9-13(14)16/h5-6,9-11,17H,7-8H2,1-4H3. The van der Waals surface area contributed by atoms with Gasteiger partial charge in [-0.05, 0) is 45.9 Å². The summed E-state index contributed by atoms with van der Waals surface area (Å²) in [4.78, 5) is 1.84. The number of hydrogen-bond acceptors (Lipinski definition) is 3. The van der Waals surface area contributed by atoms with Gasteiger partial charge < -0.3 is 0 Å². The van der Waals surface area contributed by atoms with E-state index in [1.54, 1.807) is 0 Å². The smallest absolute Gasteiger partial charge is 0.243 e. The van der Waals surface area contributed by atoms with Crippen molar-refractivity contribution >= 4 is 26.0 Å². The van der Waals surface area contributed by atoms with E-state index in [1.807, 2.05) is 0 Å². The molecule has 120 valence electrons. The van der Waals surface area contributed by atoms with Gasteiger partial charge in [0, 0.05) is 29.6 Å². The van der Waals surface area contributed by atoms with Crippen molar-refractivity contribution < 1.29 is 12.8 Å². The fourth-order valence-corrected chi connectivity index (χ4v) is 3.60. The van der Waals surface area contributed by atoms with Gasteiger partial charge >= 0.3 is 0 Å². The first-order valence-electron chi connectivity index (χ1n) is 6.85. The van der Waals surface area contributed by atoms with Crippen molar-refractivity contribution in [2.45, 2.75) is 44.7 Å². The lowest BCUT2D eigenvalue weighted by Crippen LogP contribution is -2.42. The maximum atomic E-state index is 13.7. The van der Waals surface area contributed by atoms with Crippen molar-refractivity contribution in [3.8, 4) is 0 Å². The van der Waals surface area contributed by atoms with Crippen molar-refractivity contribution in [2.75, 3.05) is 13.1 Å². The molecule has 0 aromatic heterocycles. The molecule has 1 aromatic rings. The molecule has 0 atom stereocenters. The number of nitrogens with one attached hydrogen (secondary N) is 1. The second kappa shape index (κ2) is 7.67. The number of halogens is 2. The van der Waals surface area contributed by atoms with Crippen LogP contribution < -0.4 is 4.72 Å². The Morgan fingerprint density at radius 1 is 1.24 bits per heavy atom. The molecule has 0 saturated heterocycles. The monoisotopic (exact) mass is 380 g/mol. The van der Waals surface area contributed by atoms with E-state index in [4.69, 9.17) is 0 Å². The van der Waals surface area contributed by atoms with E-state index in [2.05, 4.69) is 53.2 Å². The molecule has 0 radical (unpaired) electrons. The molecule has 0 spiro atoms. The molecule has 0 heterocycles. The quantitative estimate of drug-likeness (QED) is 0.790. The summed E-state index contributed by atoms with van der Waals surface area (Å²) in [6.07, 6.45) is 0. The van der Waals surface area contributed by atoms with E-state index in [0.29, 0.717) is 23.1 Å². The molecule has 1 aromatic carbocycles. The van der Waals surface area contributed by atoms with Gasteiger partial charge in [-0.25, -0.2) is 17.5 Å². The molecule has 0 saturated carbocycles. The van der Waals surface area contributed by atoms with Gasteiger partial charge in [0.25, 0.3) is 0 Å². The first kappa shape index (κ1) is 18.5. The molecule has 0 aliphatic heterocycles. The Kier molecular flexibility index (Phi) is 6.77. The normalized spacial score (nSPS) is 12.6. The average Bonchev–Trinajstić information content (AvgIpc) is 2.33. The van der Waals surface area contributed by atoms with Crippen LogP contribution in [0, 0.1) is 5.82 Å². The highest BCUT2D eigenvalue weighted by Gasteiger charge is 2.20. The average molecular weight is 381 g/mol. The third-order valence-corrected chi connectivity index (χ3v) is 5.16. The minimum absolute atomic E-state index is 0.244. The molecule has 0 aliphatic rings. The number of sulfonamides is 1. The van der Waals surface area contributed by atoms with Gasteiger partial charge in [-0.3, -0.25) is 4.90 Å². The van der Waals surface area contributed by atoms with Gasteiger partial charge in [0.15, 0.2) is 0 Å². The Hall–Kier alpha value is -0.500. The van der Waals surface area contributed by atoms with Gasteiger partial charge in [0.2, 0.25) is 10.0 Å². The highest BCUT2D eigenvalue weighted by atomic mass is 79.9. The van der Waals surface area contributed by atoms with Crippen molar-refractivity contribution in [1.82, 2.24) is 9.62 Å². The molecular weight excluding hydrogens is 359 g/mol. The molecular formula is C14H22BrFN2O2S. The van der Waals surface area contributed by atoms with Crippen LogP contribution in [-0.2, 0) is 10.0 Å². The van der Waals surface area contributed by atoms with Crippen LogP contribution in [0.2, 0.25) is 0 Å². The Balaban J connectivity index is 2.73. The maximum Gasteiger partial charge on any atom is 0.243 e. The Morgan fingerprint density at radius 3 is 2.29 bits per heavy atom. The van der Waals surface area contributed by atoms with E-state index in [9.17, 15) is 12.8 Å². The Labute approximate surface area is 134 Å². The summed E-state index contributed by atoms with van der Waals surface area (Å²) < 4.78 is 40.9. The van der Waals surface area contributed by atoms with Gasteiger partial charge in [-0.2, -0.15) is 0 Å². The van der Waals surface area contributed by atoms with E-state index < -0.39 is 15.8 Å². The van der Waals surface area contributed by atoms with Gasteiger partial charge in [-0.1, -0.05) is 15.9 Å². The molecule has 4 nitrogen and oxygen atoms in total. The first-order chi connectivity index (χ1) is 9.65. The molecule has 7 heteroatoms. The lowest BCUT2D eigenvalue weighted by Gasteiger charge is -2.30. The lowest BCUT2D eigenvalue weighted by molar-refractivity contribution is 0.179. The van der Waals surface area contributed by atoms with Gasteiger partial charge in [0.1, 0.15) is 10.7 Å². The number of rotatable bonds is 7. The highest BCUT2D eigenvalue weighted by Crippen LogP contribution is 2.19. The van der Waals surface area contributed by atoms with Crippen molar-refractivity contribution in [2.24, 2.45) is 0 Å². The molecule has 1 N–H and O–H groups in total. The topological polar surface area (TPSA) is 49.4 Å². The summed E-state index contributed by atoms with van der Waals surface area (Å²) >= 11 is 3.10. The molecule has 0 bridgehead atoms. The molecule has 0 aliphatic carbocycles. The summed E-state index contributed by atoms with van der Waals surface area (Å²) in [5.74, 6) is -0.763. The largest absolute Gasteiger partial charge is 0.297 e. The van der Waals surface area contributed by atoms with Crippen LogP contribution in [0.15, 0.2) is 27.6 Å². The molecule has 21 heavy (non-hydrogen) atoms. The number of benzene rings is 1. The summed E-state index contributed by atoms with van der Waals surface area (Å²) in [5, 5.41) is 0. The summed E-state index contributed by atoms with van der Waals surface area (Å²) in [6.45, 7) is 9.05. The van der Waals surface area contributed by atoms with Gasteiger partial charge in [-0.15, -0.1) is 0 Å². The van der Waals surface area contributed by atoms with Crippen molar-refractivity contribution in [3.63, 3.8) is 0 Å². The van der Waals surface area contributed by atoms with E-state index >= 15 is 0 Å². The van der Waals surface area contributed by atoms with E-state index in [-0.39, 0.29) is 11.4 Å². The highest BCUT2D eigenvalue weighted by molar-refractivity contribution is 9.10. The fourth-order valence-electron chi connectivity index (χ4n) is 2.19. The van der Waals surface area contributed by atoms with Crippen LogP contribution in [-0.4, -0.2) is 38.5 Å². The molecule has 0 unspecified atom stereocenters. The minimum Gasteiger partial charge on any atom is -0.297 e. The van der Waals surface area contributed by atoms with Crippen molar-refractivity contribution in [1.29, 1.82) is 0 Å². The Morgan fingerprint density at radius 2 is 1.81 bits per heavy atom. The SMILES string of the molecule is CC(C)N(CCNS(=O)(=O)c1ccc(Br)cc1F)C(C)C. The van der Waals surface area contributed by atoms with Crippen LogP contribution in [0.5, 0.6) is 0 Å². The van der Waals surface area contributed by atoms with Crippen molar-refractivity contribution in [3.05, 3.63) is 28.5 Å². The number of hydrogen-bond donors (Lipinski definition) is 1. The fraction of sp³-hybridized carbons (Fsp3) is 0.571. The van der Waals surface area contributed by atoms with Crippen LogP contribution in [0.1, 0.15) is 27.7 Å². The van der Waals surface area contributed by atoms with Gasteiger partial charge in [0.05, 0.1) is 0 Å². The lowest BCUT2D eigenvalue weighted by atomic mass is 10.2. The molecule has 0 amide bonds. The van der Waals surface area contributed by atoms with Crippen LogP contribution in [0.3, 0.4) is 0 Å². The zero-order valence-electron chi connectivity index (χ0n) is 12.7. The summed E-state index contributed by atoms with van der Waals surface area (Å²) in [7, 11) is -3.83. The predicted molar refractivity (Wildman–Crippen MR) is 86.3 cm³/mol. The first-order valence-corrected chi connectivity index (χ1v) is 9.13. The third-order valence-electron chi connectivity index (χ3n) is 3.17. The third kappa shape index (κ3) is 5.32. The van der Waals surface area contributed by atoms with Crippen LogP contribution in [0.25, 0.3) is 0 Å². The Bertz CT molecular complexity index is 568.